The van der Waals surface area contributed by atoms with Crippen LogP contribution in [0.4, 0.5) is 0 Å². The van der Waals surface area contributed by atoms with Gasteiger partial charge in [0.25, 0.3) is 20.2 Å². The summed E-state index contributed by atoms with van der Waals surface area (Å²) < 4.78 is 60.0. The van der Waals surface area contributed by atoms with Crippen molar-refractivity contribution in [1.29, 1.82) is 0 Å². The smallest absolute Gasteiger partial charge is 0.308 e. The van der Waals surface area contributed by atoms with E-state index < -0.39 is 110 Å². The Bertz CT molecular complexity index is 1140. The topological polar surface area (TPSA) is 272 Å². The lowest BCUT2D eigenvalue weighted by molar-refractivity contribution is -0.148. The fraction of sp³-hybridized carbons (Fsp3) is 0.852. The number of nitrogens with two attached hydrogens (primary N) is 2. The number of carbonyl (C=O) groups is 4. The highest BCUT2D eigenvalue weighted by Gasteiger charge is 2.39. The first-order valence-electron chi connectivity index (χ1n) is 14.5. The highest BCUT2D eigenvalue weighted by Crippen LogP contribution is 2.29. The van der Waals surface area contributed by atoms with Crippen molar-refractivity contribution in [1.82, 2.24) is 10.6 Å². The molecule has 16 nitrogen and oxygen atoms in total. The molecule has 18 heteroatoms. The maximum absolute atomic E-state index is 12.5. The second-order valence-electron chi connectivity index (χ2n) is 13.2. The van der Waals surface area contributed by atoms with Crippen LogP contribution in [0.25, 0.3) is 0 Å². The Labute approximate surface area is 266 Å². The Morgan fingerprint density at radius 3 is 1.20 bits per heavy atom. The fourth-order valence-electron chi connectivity index (χ4n) is 3.86. The summed E-state index contributed by atoms with van der Waals surface area (Å²) in [5, 5.41) is 24.3. The molecule has 264 valence electrons. The Morgan fingerprint density at radius 1 is 0.667 bits per heavy atom. The molecule has 0 aromatic rings. The van der Waals surface area contributed by atoms with Gasteiger partial charge in [-0.25, -0.2) is 0 Å². The molecule has 0 bridgehead atoms. The Kier molecular flexibility index (Phi) is 16.6. The molecule has 8 N–H and O–H groups in total. The van der Waals surface area contributed by atoms with Crippen LogP contribution in [0.2, 0.25) is 0 Å². The lowest BCUT2D eigenvalue weighted by Crippen LogP contribution is -2.49. The van der Waals surface area contributed by atoms with Gasteiger partial charge in [0, 0.05) is 23.9 Å². The van der Waals surface area contributed by atoms with Crippen LogP contribution in [0.3, 0.4) is 0 Å². The lowest BCUT2D eigenvalue weighted by atomic mass is 9.79. The summed E-state index contributed by atoms with van der Waals surface area (Å²) in [7, 11) is -8.60. The molecule has 0 aliphatic heterocycles. The molecule has 0 heterocycles. The number of aliphatic carboxylic acids is 2. The third kappa shape index (κ3) is 15.2. The Morgan fingerprint density at radius 2 is 0.956 bits per heavy atom. The molecule has 0 aliphatic rings. The molecule has 2 amide bonds. The van der Waals surface area contributed by atoms with Crippen LogP contribution in [0.1, 0.15) is 61.8 Å². The molecule has 0 rings (SSSR count). The molecular formula is C27H52N4O12S2. The van der Waals surface area contributed by atoms with E-state index in [1.807, 2.05) is 0 Å². The first kappa shape index (κ1) is 42.6. The molecule has 0 fully saturated rings. The third-order valence-corrected chi connectivity index (χ3v) is 10.0. The normalized spacial score (nSPS) is 15.7. The van der Waals surface area contributed by atoms with Gasteiger partial charge in [-0.2, -0.15) is 16.8 Å². The minimum Gasteiger partial charge on any atom is -0.481 e. The van der Waals surface area contributed by atoms with E-state index in [2.05, 4.69) is 10.6 Å². The van der Waals surface area contributed by atoms with Gasteiger partial charge < -0.3 is 32.3 Å². The third-order valence-electron chi connectivity index (χ3n) is 7.50. The summed E-state index contributed by atoms with van der Waals surface area (Å²) in [6.45, 7) is 10.9. The molecule has 0 spiro atoms. The van der Waals surface area contributed by atoms with Crippen molar-refractivity contribution in [2.45, 2.75) is 73.9 Å². The Hall–Kier alpha value is -2.38. The summed E-state index contributed by atoms with van der Waals surface area (Å²) in [5.74, 6) is -8.00. The number of amides is 2. The number of rotatable bonds is 22. The summed E-state index contributed by atoms with van der Waals surface area (Å²) in [6.07, 6.45) is -0.428. The van der Waals surface area contributed by atoms with Gasteiger partial charge in [0.1, 0.15) is 0 Å². The average molecular weight is 689 g/mol. The highest BCUT2D eigenvalue weighted by molar-refractivity contribution is 7.87. The van der Waals surface area contributed by atoms with Crippen molar-refractivity contribution in [3.63, 3.8) is 0 Å². The van der Waals surface area contributed by atoms with Gasteiger partial charge in [0.05, 0.1) is 48.6 Å². The number of nitrogens with one attached hydrogen (secondary N) is 2. The number of carboxylic acids is 2. The van der Waals surface area contributed by atoms with Gasteiger partial charge in [-0.15, -0.1) is 0 Å². The van der Waals surface area contributed by atoms with Crippen LogP contribution in [0.15, 0.2) is 0 Å². The van der Waals surface area contributed by atoms with Crippen molar-refractivity contribution in [3.05, 3.63) is 0 Å². The molecule has 0 aliphatic carbocycles. The number of hydrogen-bond acceptors (Lipinski definition) is 12. The van der Waals surface area contributed by atoms with Crippen LogP contribution in [0, 0.1) is 34.5 Å². The van der Waals surface area contributed by atoms with Crippen molar-refractivity contribution in [3.8, 4) is 0 Å². The summed E-state index contributed by atoms with van der Waals surface area (Å²) in [4.78, 5) is 48.1. The summed E-state index contributed by atoms with van der Waals surface area (Å²) in [5.41, 5.74) is 9.01. The second-order valence-corrected chi connectivity index (χ2v) is 16.7. The zero-order chi connectivity index (χ0) is 35.6. The van der Waals surface area contributed by atoms with E-state index >= 15 is 0 Å². The predicted molar refractivity (Wildman–Crippen MR) is 166 cm³/mol. The summed E-state index contributed by atoms with van der Waals surface area (Å²) >= 11 is 0. The van der Waals surface area contributed by atoms with Crippen LogP contribution in [0.5, 0.6) is 0 Å². The van der Waals surface area contributed by atoms with E-state index in [1.54, 1.807) is 27.7 Å². The molecule has 0 saturated heterocycles. The molecule has 45 heavy (non-hydrogen) atoms. The van der Waals surface area contributed by atoms with E-state index in [0.717, 1.165) is 0 Å². The average Bonchev–Trinajstić information content (AvgIpc) is 2.89. The van der Waals surface area contributed by atoms with E-state index in [1.165, 1.54) is 27.7 Å². The molecular weight excluding hydrogens is 636 g/mol. The van der Waals surface area contributed by atoms with E-state index in [-0.39, 0.29) is 24.9 Å². The standard InChI is InChI=1S/C27H52N4O12S2/c1-16(2)20(28)22(32)30-12-18(24(34)35)26(5,6)14-42-44(38,39)10-9-11-45(40,41)43-15-27(7,8)19(25(36)37)13-31-23(33)21(29)17(3)4/h16-21H,9-15,28-29H2,1-8H3,(H,30,32)(H,31,33)(H,34,35)(H,36,37)/t18-,19-,20-,21-/m0/s1. The highest BCUT2D eigenvalue weighted by atomic mass is 32.2. The van der Waals surface area contributed by atoms with Gasteiger partial charge in [-0.3, -0.25) is 27.5 Å². The molecule has 0 aromatic carbocycles. The van der Waals surface area contributed by atoms with Gasteiger partial charge in [0.15, 0.2) is 0 Å². The first-order valence-corrected chi connectivity index (χ1v) is 17.7. The SMILES string of the molecule is CC(C)[C@H](N)C(=O)NC[C@@H](C(=O)O)C(C)(C)COS(=O)(=O)CCCS(=O)(=O)OCC(C)(C)[C@@H](CNC(=O)[C@@H](N)C(C)C)C(=O)O. The second kappa shape index (κ2) is 17.5. The first-order chi connectivity index (χ1) is 20.3. The number of hydrogen-bond donors (Lipinski definition) is 6. The van der Waals surface area contributed by atoms with Crippen LogP contribution < -0.4 is 22.1 Å². The van der Waals surface area contributed by atoms with Crippen molar-refractivity contribution >= 4 is 44.0 Å². The van der Waals surface area contributed by atoms with E-state index in [9.17, 15) is 46.2 Å². The monoisotopic (exact) mass is 688 g/mol. The zero-order valence-electron chi connectivity index (χ0n) is 27.4. The minimum absolute atomic E-state index is 0.189. The Balaban J connectivity index is 5.11. The van der Waals surface area contributed by atoms with Crippen LogP contribution in [-0.4, -0.2) is 101 Å². The molecule has 4 atom stereocenters. The van der Waals surface area contributed by atoms with E-state index in [4.69, 9.17) is 19.8 Å². The van der Waals surface area contributed by atoms with Crippen molar-refractivity contribution in [2.24, 2.45) is 46.0 Å². The largest absolute Gasteiger partial charge is 0.481 e. The predicted octanol–water partition coefficient (Wildman–Crippen LogP) is -0.278. The molecule has 0 radical (unpaired) electrons. The van der Waals surface area contributed by atoms with Gasteiger partial charge >= 0.3 is 11.9 Å². The quantitative estimate of drug-likeness (QED) is 0.0799. The number of carbonyl (C=O) groups excluding carboxylic acids is 2. The maximum atomic E-state index is 12.5. The molecule has 0 saturated carbocycles. The van der Waals surface area contributed by atoms with Gasteiger partial charge in [-0.1, -0.05) is 55.4 Å². The molecule has 0 unspecified atom stereocenters. The minimum atomic E-state index is -4.30. The van der Waals surface area contributed by atoms with Crippen LogP contribution in [-0.2, 0) is 47.8 Å². The lowest BCUT2D eigenvalue weighted by Gasteiger charge is -2.31. The van der Waals surface area contributed by atoms with Gasteiger partial charge in [-0.05, 0) is 18.3 Å². The van der Waals surface area contributed by atoms with E-state index in [0.29, 0.717) is 0 Å². The fourth-order valence-corrected chi connectivity index (χ4v) is 6.24. The number of carboxylic acid groups (broad SMARTS) is 2. The van der Waals surface area contributed by atoms with Crippen molar-refractivity contribution in [2.75, 3.05) is 37.8 Å². The van der Waals surface area contributed by atoms with Gasteiger partial charge in [0.2, 0.25) is 11.8 Å². The summed E-state index contributed by atoms with van der Waals surface area (Å²) in [6, 6.07) is -1.71. The van der Waals surface area contributed by atoms with Crippen molar-refractivity contribution < 1.29 is 54.6 Å². The zero-order valence-corrected chi connectivity index (χ0v) is 29.0. The van der Waals surface area contributed by atoms with Crippen LogP contribution >= 0.6 is 0 Å². The maximum Gasteiger partial charge on any atom is 0.308 e. The molecule has 0 aromatic heterocycles.